The van der Waals surface area contributed by atoms with E-state index < -0.39 is 17.5 Å². The van der Waals surface area contributed by atoms with Gasteiger partial charge in [0.2, 0.25) is 5.91 Å². The summed E-state index contributed by atoms with van der Waals surface area (Å²) in [4.78, 5) is 14.6. The third-order valence-electron chi connectivity index (χ3n) is 5.41. The SMILES string of the molecule is C[C@]1(O)CCN(C(=O)Cc2cc(Cl)c3c(c2)OCCO3)C[C@@H]1Oc1cccc(F)c1. The van der Waals surface area contributed by atoms with Gasteiger partial charge in [0.25, 0.3) is 0 Å². The molecule has 6 nitrogen and oxygen atoms in total. The van der Waals surface area contributed by atoms with Crippen LogP contribution in [0, 0.1) is 5.82 Å². The van der Waals surface area contributed by atoms with Gasteiger partial charge in [-0.1, -0.05) is 17.7 Å². The van der Waals surface area contributed by atoms with Crippen molar-refractivity contribution in [3.63, 3.8) is 0 Å². The van der Waals surface area contributed by atoms with Crippen LogP contribution in [0.3, 0.4) is 0 Å². The molecule has 0 unspecified atom stereocenters. The first-order valence-electron chi connectivity index (χ1n) is 9.82. The van der Waals surface area contributed by atoms with Crippen molar-refractivity contribution in [1.29, 1.82) is 0 Å². The molecule has 2 aromatic rings. The van der Waals surface area contributed by atoms with Crippen molar-refractivity contribution in [1.82, 2.24) is 4.90 Å². The molecule has 1 N–H and O–H groups in total. The molecule has 2 aliphatic heterocycles. The summed E-state index contributed by atoms with van der Waals surface area (Å²) in [6.45, 7) is 3.12. The smallest absolute Gasteiger partial charge is 0.227 e. The van der Waals surface area contributed by atoms with Gasteiger partial charge in [-0.15, -0.1) is 0 Å². The number of piperidine rings is 1. The van der Waals surface area contributed by atoms with Crippen LogP contribution < -0.4 is 14.2 Å². The number of hydrogen-bond acceptors (Lipinski definition) is 5. The zero-order valence-electron chi connectivity index (χ0n) is 16.6. The number of ether oxygens (including phenoxy) is 3. The number of hydrogen-bond donors (Lipinski definition) is 1. The van der Waals surface area contributed by atoms with E-state index in [1.807, 2.05) is 0 Å². The number of amides is 1. The van der Waals surface area contributed by atoms with E-state index in [9.17, 15) is 14.3 Å². The Hall–Kier alpha value is -2.51. The van der Waals surface area contributed by atoms with Crippen LogP contribution in [-0.4, -0.2) is 53.9 Å². The number of carbonyl (C=O) groups is 1. The molecule has 0 bridgehead atoms. The largest absolute Gasteiger partial charge is 0.486 e. The van der Waals surface area contributed by atoms with Gasteiger partial charge in [-0.3, -0.25) is 4.79 Å². The molecule has 2 aromatic carbocycles. The van der Waals surface area contributed by atoms with E-state index >= 15 is 0 Å². The third-order valence-corrected chi connectivity index (χ3v) is 5.69. The second kappa shape index (κ2) is 8.32. The number of fused-ring (bicyclic) bond motifs is 1. The highest BCUT2D eigenvalue weighted by Gasteiger charge is 2.41. The first kappa shape index (κ1) is 20.8. The van der Waals surface area contributed by atoms with E-state index in [0.29, 0.717) is 54.0 Å². The monoisotopic (exact) mass is 435 g/mol. The number of carbonyl (C=O) groups excluding carboxylic acids is 1. The van der Waals surface area contributed by atoms with E-state index in [1.54, 1.807) is 30.0 Å². The van der Waals surface area contributed by atoms with Gasteiger partial charge >= 0.3 is 0 Å². The summed E-state index contributed by atoms with van der Waals surface area (Å²) in [6.07, 6.45) is -0.202. The molecular weight excluding hydrogens is 413 g/mol. The Kier molecular flexibility index (Phi) is 5.75. The molecule has 8 heteroatoms. The van der Waals surface area contributed by atoms with Gasteiger partial charge in [-0.2, -0.15) is 0 Å². The Balaban J connectivity index is 1.46. The molecular formula is C22H23ClFNO5. The van der Waals surface area contributed by atoms with Crippen molar-refractivity contribution in [2.75, 3.05) is 26.3 Å². The van der Waals surface area contributed by atoms with E-state index in [4.69, 9.17) is 25.8 Å². The molecule has 4 rings (SSSR count). The number of benzene rings is 2. The van der Waals surface area contributed by atoms with Gasteiger partial charge in [0.15, 0.2) is 11.5 Å². The summed E-state index contributed by atoms with van der Waals surface area (Å²) in [5.74, 6) is 0.799. The van der Waals surface area contributed by atoms with Crippen molar-refractivity contribution < 1.29 is 28.5 Å². The summed E-state index contributed by atoms with van der Waals surface area (Å²) in [5, 5.41) is 11.1. The van der Waals surface area contributed by atoms with Gasteiger partial charge in [0, 0.05) is 12.6 Å². The standard InChI is InChI=1S/C22H23ClFNO5/c1-22(27)5-6-25(13-19(22)30-16-4-2-3-15(24)12-16)20(26)11-14-9-17(23)21-18(10-14)28-7-8-29-21/h2-4,9-10,12,19,27H,5-8,11,13H2,1H3/t19-,22-/m0/s1. The Morgan fingerprint density at radius 3 is 2.93 bits per heavy atom. The maximum Gasteiger partial charge on any atom is 0.227 e. The number of likely N-dealkylation sites (tertiary alicyclic amines) is 1. The highest BCUT2D eigenvalue weighted by molar-refractivity contribution is 6.32. The van der Waals surface area contributed by atoms with E-state index in [0.717, 1.165) is 0 Å². The molecule has 1 saturated heterocycles. The molecule has 1 amide bonds. The quantitative estimate of drug-likeness (QED) is 0.798. The normalized spacial score (nSPS) is 23.2. The summed E-state index contributed by atoms with van der Waals surface area (Å²) >= 11 is 6.27. The van der Waals surface area contributed by atoms with E-state index in [2.05, 4.69) is 0 Å². The van der Waals surface area contributed by atoms with Crippen molar-refractivity contribution in [3.05, 3.63) is 52.8 Å². The van der Waals surface area contributed by atoms with E-state index in [-0.39, 0.29) is 18.9 Å². The zero-order chi connectivity index (χ0) is 21.3. The average molecular weight is 436 g/mol. The van der Waals surface area contributed by atoms with Crippen molar-refractivity contribution in [2.45, 2.75) is 31.5 Å². The van der Waals surface area contributed by atoms with E-state index in [1.165, 1.54) is 18.2 Å². The average Bonchev–Trinajstić information content (AvgIpc) is 2.69. The minimum atomic E-state index is -1.14. The number of aliphatic hydroxyl groups is 1. The molecule has 160 valence electrons. The lowest BCUT2D eigenvalue weighted by atomic mass is 9.90. The minimum absolute atomic E-state index is 0.119. The first-order chi connectivity index (χ1) is 14.3. The van der Waals surface area contributed by atoms with Gasteiger partial charge in [-0.05, 0) is 43.2 Å². The van der Waals surface area contributed by atoms with Crippen LogP contribution in [0.1, 0.15) is 18.9 Å². The van der Waals surface area contributed by atoms with Crippen LogP contribution in [-0.2, 0) is 11.2 Å². The van der Waals surface area contributed by atoms with Gasteiger partial charge in [0.05, 0.1) is 18.0 Å². The molecule has 2 aliphatic rings. The van der Waals surface area contributed by atoms with Crippen LogP contribution in [0.4, 0.5) is 4.39 Å². The number of rotatable bonds is 4. The highest BCUT2D eigenvalue weighted by Crippen LogP contribution is 2.38. The molecule has 0 radical (unpaired) electrons. The van der Waals surface area contributed by atoms with Crippen LogP contribution in [0.25, 0.3) is 0 Å². The fraction of sp³-hybridized carbons (Fsp3) is 0.409. The van der Waals surface area contributed by atoms with Crippen molar-refractivity contribution >= 4 is 17.5 Å². The Morgan fingerprint density at radius 1 is 1.33 bits per heavy atom. The van der Waals surface area contributed by atoms with Crippen LogP contribution >= 0.6 is 11.6 Å². The van der Waals surface area contributed by atoms with Crippen LogP contribution in [0.15, 0.2) is 36.4 Å². The fourth-order valence-corrected chi connectivity index (χ4v) is 3.95. The minimum Gasteiger partial charge on any atom is -0.486 e. The lowest BCUT2D eigenvalue weighted by molar-refractivity contribution is -0.142. The lowest BCUT2D eigenvalue weighted by Gasteiger charge is -2.42. The lowest BCUT2D eigenvalue weighted by Crippen LogP contribution is -2.57. The van der Waals surface area contributed by atoms with Crippen molar-refractivity contribution in [3.8, 4) is 17.2 Å². The predicted molar refractivity (Wildman–Crippen MR) is 109 cm³/mol. The third kappa shape index (κ3) is 4.47. The molecule has 0 saturated carbocycles. The topological polar surface area (TPSA) is 68.2 Å². The summed E-state index contributed by atoms with van der Waals surface area (Å²) in [7, 11) is 0. The first-order valence-corrected chi connectivity index (χ1v) is 10.2. The molecule has 0 spiro atoms. The molecule has 0 aromatic heterocycles. The van der Waals surface area contributed by atoms with Gasteiger partial charge in [-0.25, -0.2) is 4.39 Å². The Bertz CT molecular complexity index is 951. The molecule has 2 atom stereocenters. The molecule has 2 heterocycles. The molecule has 1 fully saturated rings. The molecule has 30 heavy (non-hydrogen) atoms. The number of halogens is 2. The summed E-state index contributed by atoms with van der Waals surface area (Å²) in [6, 6.07) is 9.20. The maximum atomic E-state index is 13.5. The molecule has 0 aliphatic carbocycles. The summed E-state index contributed by atoms with van der Waals surface area (Å²) < 4.78 is 30.4. The van der Waals surface area contributed by atoms with Crippen LogP contribution in [0.2, 0.25) is 5.02 Å². The number of nitrogens with zero attached hydrogens (tertiary/aromatic N) is 1. The fourth-order valence-electron chi connectivity index (χ4n) is 3.66. The Morgan fingerprint density at radius 2 is 2.13 bits per heavy atom. The zero-order valence-corrected chi connectivity index (χ0v) is 17.3. The van der Waals surface area contributed by atoms with Crippen LogP contribution in [0.5, 0.6) is 17.2 Å². The summed E-state index contributed by atoms with van der Waals surface area (Å²) in [5.41, 5.74) is -0.419. The predicted octanol–water partition coefficient (Wildman–Crippen LogP) is 3.22. The second-order valence-corrected chi connectivity index (χ2v) is 8.20. The Labute approximate surface area is 179 Å². The highest BCUT2D eigenvalue weighted by atomic mass is 35.5. The van der Waals surface area contributed by atoms with Gasteiger partial charge in [0.1, 0.15) is 36.5 Å². The van der Waals surface area contributed by atoms with Gasteiger partial charge < -0.3 is 24.2 Å². The maximum absolute atomic E-state index is 13.5. The van der Waals surface area contributed by atoms with Crippen molar-refractivity contribution in [2.24, 2.45) is 0 Å². The second-order valence-electron chi connectivity index (χ2n) is 7.79.